The predicted octanol–water partition coefficient (Wildman–Crippen LogP) is 4.39. The van der Waals surface area contributed by atoms with Crippen LogP contribution in [0.4, 0.5) is 0 Å². The quantitative estimate of drug-likeness (QED) is 0.820. The van der Waals surface area contributed by atoms with Gasteiger partial charge in [0, 0.05) is 6.04 Å². The van der Waals surface area contributed by atoms with E-state index in [-0.39, 0.29) is 18.7 Å². The Morgan fingerprint density at radius 1 is 1.09 bits per heavy atom. The van der Waals surface area contributed by atoms with E-state index in [9.17, 15) is 5.11 Å². The van der Waals surface area contributed by atoms with E-state index in [0.29, 0.717) is 10.0 Å². The van der Waals surface area contributed by atoms with E-state index >= 15 is 0 Å². The third-order valence-corrected chi connectivity index (χ3v) is 4.31. The van der Waals surface area contributed by atoms with Gasteiger partial charge in [0.25, 0.3) is 0 Å². The number of halogens is 2. The number of nitrogens with one attached hydrogen (secondary N) is 1. The Balaban J connectivity index is 2.16. The van der Waals surface area contributed by atoms with E-state index in [4.69, 9.17) is 27.9 Å². The molecule has 0 heterocycles. The fraction of sp³-hybridized carbons (Fsp3) is 0.294. The topological polar surface area (TPSA) is 41.5 Å². The smallest absolute Gasteiger partial charge is 0.119 e. The maximum atomic E-state index is 9.69. The van der Waals surface area contributed by atoms with Crippen LogP contribution in [0.5, 0.6) is 5.75 Å². The van der Waals surface area contributed by atoms with E-state index in [1.54, 1.807) is 13.2 Å². The molecule has 0 fully saturated rings. The van der Waals surface area contributed by atoms with Gasteiger partial charge in [0.2, 0.25) is 0 Å². The van der Waals surface area contributed by atoms with Gasteiger partial charge in [-0.25, -0.2) is 0 Å². The van der Waals surface area contributed by atoms with Gasteiger partial charge in [0.15, 0.2) is 0 Å². The Morgan fingerprint density at radius 3 is 2.50 bits per heavy atom. The number of hydrogen-bond acceptors (Lipinski definition) is 3. The molecule has 0 amide bonds. The number of hydrogen-bond donors (Lipinski definition) is 2. The largest absolute Gasteiger partial charge is 0.497 e. The predicted molar refractivity (Wildman–Crippen MR) is 90.8 cm³/mol. The lowest BCUT2D eigenvalue weighted by molar-refractivity contribution is 0.235. The molecule has 0 aliphatic rings. The Bertz CT molecular complexity index is 634. The molecular formula is C17H19Cl2NO2. The Labute approximate surface area is 140 Å². The normalized spacial score (nSPS) is 13.7. The van der Waals surface area contributed by atoms with Crippen molar-refractivity contribution in [2.75, 3.05) is 13.7 Å². The third-order valence-electron chi connectivity index (χ3n) is 3.57. The molecule has 2 aromatic carbocycles. The van der Waals surface area contributed by atoms with Crippen molar-refractivity contribution in [3.05, 3.63) is 63.6 Å². The van der Waals surface area contributed by atoms with Crippen molar-refractivity contribution in [3.63, 3.8) is 0 Å². The highest BCUT2D eigenvalue weighted by Gasteiger charge is 2.16. The first-order valence-electron chi connectivity index (χ1n) is 7.01. The fourth-order valence-electron chi connectivity index (χ4n) is 2.29. The van der Waals surface area contributed by atoms with Crippen LogP contribution in [0.3, 0.4) is 0 Å². The molecule has 2 aromatic rings. The van der Waals surface area contributed by atoms with Crippen molar-refractivity contribution >= 4 is 23.2 Å². The molecule has 0 saturated carbocycles. The highest BCUT2D eigenvalue weighted by atomic mass is 35.5. The van der Waals surface area contributed by atoms with Crippen LogP contribution in [0.1, 0.15) is 30.1 Å². The second-order valence-electron chi connectivity index (χ2n) is 5.07. The van der Waals surface area contributed by atoms with Gasteiger partial charge in [0.1, 0.15) is 5.75 Å². The molecule has 118 valence electrons. The number of aliphatic hydroxyl groups excluding tert-OH is 1. The zero-order valence-electron chi connectivity index (χ0n) is 12.5. The summed E-state index contributed by atoms with van der Waals surface area (Å²) in [5.74, 6) is 0.764. The molecule has 0 aliphatic carbocycles. The molecule has 0 saturated heterocycles. The molecule has 0 aliphatic heterocycles. The Hall–Kier alpha value is -1.26. The summed E-state index contributed by atoms with van der Waals surface area (Å²) < 4.78 is 5.23. The molecule has 22 heavy (non-hydrogen) atoms. The first-order valence-corrected chi connectivity index (χ1v) is 7.76. The van der Waals surface area contributed by atoms with Gasteiger partial charge in [-0.2, -0.15) is 0 Å². The monoisotopic (exact) mass is 339 g/mol. The van der Waals surface area contributed by atoms with Crippen LogP contribution in [-0.4, -0.2) is 18.8 Å². The first kappa shape index (κ1) is 17.1. The minimum Gasteiger partial charge on any atom is -0.497 e. The van der Waals surface area contributed by atoms with Gasteiger partial charge in [-0.05, 0) is 42.3 Å². The third kappa shape index (κ3) is 4.14. The average Bonchev–Trinajstić information content (AvgIpc) is 2.54. The summed E-state index contributed by atoms with van der Waals surface area (Å²) in [6.07, 6.45) is 0. The SMILES string of the molecule is COc1cccc(C(CO)NC(C)c2ccc(Cl)c(Cl)c2)c1. The van der Waals surface area contributed by atoms with Crippen molar-refractivity contribution in [3.8, 4) is 5.75 Å². The van der Waals surface area contributed by atoms with Gasteiger partial charge in [-0.3, -0.25) is 0 Å². The number of ether oxygens (including phenoxy) is 1. The summed E-state index contributed by atoms with van der Waals surface area (Å²) in [4.78, 5) is 0. The minimum atomic E-state index is -0.195. The van der Waals surface area contributed by atoms with Crippen molar-refractivity contribution < 1.29 is 9.84 Å². The van der Waals surface area contributed by atoms with E-state index in [1.807, 2.05) is 43.3 Å². The molecule has 2 unspecified atom stereocenters. The van der Waals surface area contributed by atoms with Crippen LogP contribution in [-0.2, 0) is 0 Å². The van der Waals surface area contributed by atoms with Gasteiger partial charge < -0.3 is 15.2 Å². The van der Waals surface area contributed by atoms with Crippen LogP contribution in [0, 0.1) is 0 Å². The van der Waals surface area contributed by atoms with Crippen molar-refractivity contribution in [2.45, 2.75) is 19.0 Å². The first-order chi connectivity index (χ1) is 10.5. The molecule has 0 spiro atoms. The zero-order chi connectivity index (χ0) is 16.1. The molecule has 2 rings (SSSR count). The summed E-state index contributed by atoms with van der Waals surface area (Å²) in [5.41, 5.74) is 1.98. The number of aliphatic hydroxyl groups is 1. The maximum absolute atomic E-state index is 9.69. The van der Waals surface area contributed by atoms with Gasteiger partial charge in [0.05, 0.1) is 29.8 Å². The van der Waals surface area contributed by atoms with Crippen LogP contribution in [0.15, 0.2) is 42.5 Å². The van der Waals surface area contributed by atoms with Gasteiger partial charge in [-0.15, -0.1) is 0 Å². The molecule has 5 heteroatoms. The molecule has 2 N–H and O–H groups in total. The molecule has 0 bridgehead atoms. The lowest BCUT2D eigenvalue weighted by atomic mass is 10.0. The second kappa shape index (κ2) is 7.84. The summed E-state index contributed by atoms with van der Waals surface area (Å²) >= 11 is 12.0. The van der Waals surface area contributed by atoms with Crippen LogP contribution in [0.25, 0.3) is 0 Å². The second-order valence-corrected chi connectivity index (χ2v) is 5.89. The number of benzene rings is 2. The van der Waals surface area contributed by atoms with E-state index in [0.717, 1.165) is 16.9 Å². The highest BCUT2D eigenvalue weighted by Crippen LogP contribution is 2.27. The molecule has 0 aromatic heterocycles. The summed E-state index contributed by atoms with van der Waals surface area (Å²) in [7, 11) is 1.62. The minimum absolute atomic E-state index is 0.0121. The van der Waals surface area contributed by atoms with Crippen molar-refractivity contribution in [1.29, 1.82) is 0 Å². The number of rotatable bonds is 6. The lowest BCUT2D eigenvalue weighted by Crippen LogP contribution is -2.27. The average molecular weight is 340 g/mol. The standard InChI is InChI=1S/C17H19Cl2NO2/c1-11(12-6-7-15(18)16(19)9-12)20-17(10-21)13-4-3-5-14(8-13)22-2/h3-9,11,17,20-21H,10H2,1-2H3. The van der Waals surface area contributed by atoms with Crippen LogP contribution in [0.2, 0.25) is 10.0 Å². The highest BCUT2D eigenvalue weighted by molar-refractivity contribution is 6.42. The summed E-state index contributed by atoms with van der Waals surface area (Å²) in [6.45, 7) is 2.00. The zero-order valence-corrected chi connectivity index (χ0v) is 14.0. The number of methoxy groups -OCH3 is 1. The molecular weight excluding hydrogens is 321 g/mol. The molecule has 2 atom stereocenters. The molecule has 0 radical (unpaired) electrons. The van der Waals surface area contributed by atoms with Gasteiger partial charge >= 0.3 is 0 Å². The van der Waals surface area contributed by atoms with Crippen LogP contribution >= 0.6 is 23.2 Å². The maximum Gasteiger partial charge on any atom is 0.119 e. The fourth-order valence-corrected chi connectivity index (χ4v) is 2.60. The Kier molecular flexibility index (Phi) is 6.09. The summed E-state index contributed by atoms with van der Waals surface area (Å²) in [5, 5.41) is 14.1. The van der Waals surface area contributed by atoms with Gasteiger partial charge in [-0.1, -0.05) is 41.4 Å². The van der Waals surface area contributed by atoms with E-state index in [1.165, 1.54) is 0 Å². The Morgan fingerprint density at radius 2 is 1.86 bits per heavy atom. The van der Waals surface area contributed by atoms with E-state index in [2.05, 4.69) is 5.32 Å². The van der Waals surface area contributed by atoms with Crippen molar-refractivity contribution in [1.82, 2.24) is 5.32 Å². The van der Waals surface area contributed by atoms with Crippen LogP contribution < -0.4 is 10.1 Å². The molecule has 3 nitrogen and oxygen atoms in total. The summed E-state index contributed by atoms with van der Waals surface area (Å²) in [6, 6.07) is 13.0. The lowest BCUT2D eigenvalue weighted by Gasteiger charge is -2.23. The van der Waals surface area contributed by atoms with E-state index < -0.39 is 0 Å². The van der Waals surface area contributed by atoms with Crippen molar-refractivity contribution in [2.24, 2.45) is 0 Å².